The Kier molecular flexibility index (Phi) is 3.02. The monoisotopic (exact) mass is 193 g/mol. The molecule has 1 aromatic rings. The number of halogens is 1. The van der Waals surface area contributed by atoms with Gasteiger partial charge in [0.05, 0.1) is 12.2 Å². The lowest BCUT2D eigenvalue weighted by molar-refractivity contribution is -0.116. The van der Waals surface area contributed by atoms with Crippen molar-refractivity contribution < 1.29 is 9.18 Å². The van der Waals surface area contributed by atoms with Crippen LogP contribution >= 0.6 is 0 Å². The Balaban J connectivity index is 2.92. The molecule has 14 heavy (non-hydrogen) atoms. The predicted octanol–water partition coefficient (Wildman–Crippen LogP) is 0.595. The summed E-state index contributed by atoms with van der Waals surface area (Å²) < 4.78 is 13.0. The van der Waals surface area contributed by atoms with E-state index in [1.807, 2.05) is 0 Å². The summed E-state index contributed by atoms with van der Waals surface area (Å²) in [5.41, 5.74) is 5.04. The molecule has 0 saturated heterocycles. The number of hydrogen-bond acceptors (Lipinski definition) is 3. The average Bonchev–Trinajstić information content (AvgIpc) is 2.14. The molecule has 0 aliphatic heterocycles. The molecule has 0 spiro atoms. The molecule has 1 rings (SSSR count). The van der Waals surface area contributed by atoms with Crippen LogP contribution in [-0.2, 0) is 4.79 Å². The fraction of sp³-hybridized carbons (Fsp3) is 0.111. The molecule has 0 aromatic heterocycles. The molecule has 0 aliphatic rings. The van der Waals surface area contributed by atoms with Crippen molar-refractivity contribution in [1.29, 1.82) is 5.26 Å². The third-order valence-electron chi connectivity index (χ3n) is 1.58. The lowest BCUT2D eigenvalue weighted by Gasteiger charge is -2.05. The Bertz CT molecular complexity index is 398. The Morgan fingerprint density at radius 3 is 2.93 bits per heavy atom. The second-order valence-corrected chi connectivity index (χ2v) is 2.59. The summed E-state index contributed by atoms with van der Waals surface area (Å²) in [5, 5.41) is 11.2. The second kappa shape index (κ2) is 4.23. The first-order valence-electron chi connectivity index (χ1n) is 3.86. The highest BCUT2D eigenvalue weighted by atomic mass is 19.1. The molecule has 0 saturated carbocycles. The lowest BCUT2D eigenvalue weighted by atomic mass is 10.2. The molecule has 0 aliphatic carbocycles. The van der Waals surface area contributed by atoms with Gasteiger partial charge in [0.15, 0.2) is 0 Å². The maximum atomic E-state index is 13.0. The minimum atomic E-state index is -0.623. The molecule has 0 radical (unpaired) electrons. The summed E-state index contributed by atoms with van der Waals surface area (Å²) in [7, 11) is 0. The van der Waals surface area contributed by atoms with Gasteiger partial charge in [0, 0.05) is 0 Å². The van der Waals surface area contributed by atoms with Crippen molar-refractivity contribution in [2.45, 2.75) is 0 Å². The topological polar surface area (TPSA) is 78.9 Å². The quantitative estimate of drug-likeness (QED) is 0.737. The van der Waals surface area contributed by atoms with E-state index in [9.17, 15) is 9.18 Å². The minimum Gasteiger partial charge on any atom is -0.375 e. The summed E-state index contributed by atoms with van der Waals surface area (Å²) in [6.45, 7) is -0.127. The zero-order valence-electron chi connectivity index (χ0n) is 7.25. The van der Waals surface area contributed by atoms with Gasteiger partial charge in [-0.1, -0.05) is 6.07 Å². The van der Waals surface area contributed by atoms with Gasteiger partial charge in [0.2, 0.25) is 5.91 Å². The fourth-order valence-corrected chi connectivity index (χ4v) is 0.967. The zero-order valence-corrected chi connectivity index (χ0v) is 7.25. The van der Waals surface area contributed by atoms with Crippen LogP contribution in [0.4, 0.5) is 10.1 Å². The number of hydrogen-bond donors (Lipinski definition) is 2. The summed E-state index contributed by atoms with van der Waals surface area (Å²) in [5.74, 6) is -1.19. The number of carbonyl (C=O) groups is 1. The van der Waals surface area contributed by atoms with Crippen LogP contribution in [0.5, 0.6) is 0 Å². The van der Waals surface area contributed by atoms with Gasteiger partial charge in [-0.2, -0.15) is 5.26 Å². The van der Waals surface area contributed by atoms with Crippen molar-refractivity contribution in [2.24, 2.45) is 5.73 Å². The molecule has 5 heteroatoms. The van der Waals surface area contributed by atoms with E-state index in [1.165, 1.54) is 18.2 Å². The Morgan fingerprint density at radius 1 is 1.64 bits per heavy atom. The van der Waals surface area contributed by atoms with Crippen molar-refractivity contribution in [3.63, 3.8) is 0 Å². The maximum absolute atomic E-state index is 13.0. The number of primary amides is 1. The summed E-state index contributed by atoms with van der Waals surface area (Å²) in [6, 6.07) is 5.82. The molecule has 1 amide bonds. The van der Waals surface area contributed by atoms with E-state index in [4.69, 9.17) is 11.0 Å². The standard InChI is InChI=1S/C9H8FN3O/c10-7-2-1-3-8(6(7)4-11)13-5-9(12)14/h1-3,13H,5H2,(H2,12,14). The molecule has 72 valence electrons. The molecule has 0 fully saturated rings. The predicted molar refractivity (Wildman–Crippen MR) is 48.8 cm³/mol. The van der Waals surface area contributed by atoms with Crippen LogP contribution in [0.3, 0.4) is 0 Å². The molecule has 0 atom stereocenters. The van der Waals surface area contributed by atoms with Crippen molar-refractivity contribution in [3.8, 4) is 6.07 Å². The SMILES string of the molecule is N#Cc1c(F)cccc1NCC(N)=O. The Morgan fingerprint density at radius 2 is 2.36 bits per heavy atom. The van der Waals surface area contributed by atoms with Gasteiger partial charge in [0.1, 0.15) is 17.4 Å². The molecule has 0 unspecified atom stereocenters. The molecule has 4 nitrogen and oxygen atoms in total. The number of rotatable bonds is 3. The van der Waals surface area contributed by atoms with Gasteiger partial charge < -0.3 is 11.1 Å². The van der Waals surface area contributed by atoms with Gasteiger partial charge in [-0.15, -0.1) is 0 Å². The third kappa shape index (κ3) is 2.20. The first kappa shape index (κ1) is 9.99. The number of nitrogens with two attached hydrogens (primary N) is 1. The van der Waals surface area contributed by atoms with Crippen LogP contribution < -0.4 is 11.1 Å². The van der Waals surface area contributed by atoms with E-state index in [1.54, 1.807) is 6.07 Å². The van der Waals surface area contributed by atoms with E-state index in [-0.39, 0.29) is 17.8 Å². The third-order valence-corrected chi connectivity index (χ3v) is 1.58. The van der Waals surface area contributed by atoms with Gasteiger partial charge in [0.25, 0.3) is 0 Å². The average molecular weight is 193 g/mol. The van der Waals surface area contributed by atoms with Gasteiger partial charge in [-0.25, -0.2) is 4.39 Å². The largest absolute Gasteiger partial charge is 0.375 e. The van der Waals surface area contributed by atoms with Crippen LogP contribution in [0, 0.1) is 17.1 Å². The van der Waals surface area contributed by atoms with Crippen molar-refractivity contribution in [3.05, 3.63) is 29.6 Å². The van der Waals surface area contributed by atoms with Crippen LogP contribution in [0.1, 0.15) is 5.56 Å². The number of nitrogens with zero attached hydrogens (tertiary/aromatic N) is 1. The molecule has 1 aromatic carbocycles. The smallest absolute Gasteiger partial charge is 0.236 e. The number of carbonyl (C=O) groups excluding carboxylic acids is 1. The molecular formula is C9H8FN3O. The normalized spacial score (nSPS) is 9.14. The first-order valence-corrected chi connectivity index (χ1v) is 3.86. The first-order chi connectivity index (χ1) is 6.65. The lowest BCUT2D eigenvalue weighted by Crippen LogP contribution is -2.22. The van der Waals surface area contributed by atoms with Gasteiger partial charge >= 0.3 is 0 Å². The molecule has 3 N–H and O–H groups in total. The van der Waals surface area contributed by atoms with Crippen LogP contribution in [0.2, 0.25) is 0 Å². The minimum absolute atomic E-state index is 0.117. The van der Waals surface area contributed by atoms with Crippen molar-refractivity contribution >= 4 is 11.6 Å². The number of anilines is 1. The Labute approximate surface area is 80.1 Å². The van der Waals surface area contributed by atoms with E-state index < -0.39 is 11.7 Å². The summed E-state index contributed by atoms with van der Waals surface area (Å²) in [4.78, 5) is 10.4. The second-order valence-electron chi connectivity index (χ2n) is 2.59. The molecule has 0 heterocycles. The van der Waals surface area contributed by atoms with E-state index >= 15 is 0 Å². The zero-order chi connectivity index (χ0) is 10.6. The van der Waals surface area contributed by atoms with Crippen LogP contribution in [-0.4, -0.2) is 12.5 Å². The number of nitriles is 1. The van der Waals surface area contributed by atoms with Gasteiger partial charge in [-0.05, 0) is 12.1 Å². The highest BCUT2D eigenvalue weighted by molar-refractivity contribution is 5.79. The fourth-order valence-electron chi connectivity index (χ4n) is 0.967. The highest BCUT2D eigenvalue weighted by Crippen LogP contribution is 2.16. The molecule has 0 bridgehead atoms. The van der Waals surface area contributed by atoms with Crippen molar-refractivity contribution in [2.75, 3.05) is 11.9 Å². The van der Waals surface area contributed by atoms with E-state index in [0.29, 0.717) is 0 Å². The van der Waals surface area contributed by atoms with Gasteiger partial charge in [-0.3, -0.25) is 4.79 Å². The van der Waals surface area contributed by atoms with Crippen molar-refractivity contribution in [1.82, 2.24) is 0 Å². The Hall–Kier alpha value is -2.09. The number of amides is 1. The molecular weight excluding hydrogens is 185 g/mol. The number of benzene rings is 1. The van der Waals surface area contributed by atoms with E-state index in [0.717, 1.165) is 0 Å². The van der Waals surface area contributed by atoms with Crippen LogP contribution in [0.25, 0.3) is 0 Å². The number of nitrogens with one attached hydrogen (secondary N) is 1. The van der Waals surface area contributed by atoms with E-state index in [2.05, 4.69) is 5.32 Å². The maximum Gasteiger partial charge on any atom is 0.236 e. The summed E-state index contributed by atoms with van der Waals surface area (Å²) >= 11 is 0. The highest BCUT2D eigenvalue weighted by Gasteiger charge is 2.07. The summed E-state index contributed by atoms with van der Waals surface area (Å²) in [6.07, 6.45) is 0. The van der Waals surface area contributed by atoms with Crippen LogP contribution in [0.15, 0.2) is 18.2 Å².